The van der Waals surface area contributed by atoms with E-state index in [1.54, 1.807) is 0 Å². The molecule has 1 aliphatic rings. The molecule has 1 saturated heterocycles. The Hall–Kier alpha value is -1.35. The Morgan fingerprint density at radius 1 is 1.32 bits per heavy atom. The normalized spacial score (nSPS) is 17.7. The van der Waals surface area contributed by atoms with Crippen molar-refractivity contribution in [1.29, 1.82) is 0 Å². The largest absolute Gasteiger partial charge is 0.370 e. The highest BCUT2D eigenvalue weighted by molar-refractivity contribution is 14.0. The fraction of sp³-hybridized carbons (Fsp3) is 0.619. The van der Waals surface area contributed by atoms with Gasteiger partial charge >= 0.3 is 0 Å². The van der Waals surface area contributed by atoms with Crippen LogP contribution in [0, 0.1) is 13.8 Å². The number of carbonyl (C=O) groups excluding carboxylic acids is 1. The van der Waals surface area contributed by atoms with Gasteiger partial charge in [0.15, 0.2) is 5.96 Å². The zero-order valence-corrected chi connectivity index (χ0v) is 20.3. The minimum Gasteiger partial charge on any atom is -0.370 e. The van der Waals surface area contributed by atoms with Gasteiger partial charge in [-0.1, -0.05) is 23.8 Å². The number of hydrogen-bond donors (Lipinski definition) is 2. The Kier molecular flexibility index (Phi) is 9.69. The van der Waals surface area contributed by atoms with E-state index in [1.165, 1.54) is 16.7 Å². The number of halogens is 1. The number of carbonyl (C=O) groups is 1. The van der Waals surface area contributed by atoms with Crippen molar-refractivity contribution in [3.05, 3.63) is 34.9 Å². The monoisotopic (exact) mass is 502 g/mol. The fourth-order valence-corrected chi connectivity index (χ4v) is 3.25. The summed E-state index contributed by atoms with van der Waals surface area (Å²) in [5, 5.41) is 6.26. The number of nitrogens with one attached hydrogen (secondary N) is 2. The number of nitrogens with zero attached hydrogens (tertiary/aromatic N) is 2. The van der Waals surface area contributed by atoms with E-state index < -0.39 is 0 Å². The minimum absolute atomic E-state index is 0. The minimum atomic E-state index is -0.252. The van der Waals surface area contributed by atoms with Crippen LogP contribution in [0.3, 0.4) is 0 Å². The Balaban J connectivity index is 0.00000392. The Morgan fingerprint density at radius 2 is 2.04 bits per heavy atom. The average molecular weight is 502 g/mol. The van der Waals surface area contributed by atoms with Crippen LogP contribution in [0.2, 0.25) is 0 Å². The van der Waals surface area contributed by atoms with E-state index in [0.29, 0.717) is 6.61 Å². The molecule has 0 spiro atoms. The molecule has 1 heterocycles. The van der Waals surface area contributed by atoms with Gasteiger partial charge in [-0.2, -0.15) is 0 Å². The summed E-state index contributed by atoms with van der Waals surface area (Å²) in [5.41, 5.74) is 3.46. The first-order valence-corrected chi connectivity index (χ1v) is 9.72. The molecule has 1 aromatic carbocycles. The van der Waals surface area contributed by atoms with Crippen LogP contribution in [0.15, 0.2) is 23.2 Å². The Bertz CT molecular complexity index is 685. The van der Waals surface area contributed by atoms with Crippen molar-refractivity contribution in [3.8, 4) is 0 Å². The van der Waals surface area contributed by atoms with Crippen molar-refractivity contribution in [1.82, 2.24) is 15.5 Å². The van der Waals surface area contributed by atoms with Gasteiger partial charge in [0.05, 0.1) is 13.2 Å². The molecule has 2 N–H and O–H groups in total. The maximum Gasteiger partial charge on any atom is 0.242 e. The first-order valence-electron chi connectivity index (χ1n) is 9.72. The number of guanidine groups is 1. The molecule has 1 fully saturated rings. The number of hydrogen-bond acceptors (Lipinski definition) is 3. The number of ether oxygens (including phenoxy) is 1. The van der Waals surface area contributed by atoms with E-state index in [0.717, 1.165) is 25.6 Å². The highest BCUT2D eigenvalue weighted by Gasteiger charge is 2.25. The molecule has 1 aliphatic heterocycles. The molecule has 1 unspecified atom stereocenters. The zero-order valence-electron chi connectivity index (χ0n) is 18.0. The summed E-state index contributed by atoms with van der Waals surface area (Å²) >= 11 is 0. The second-order valence-electron chi connectivity index (χ2n) is 8.13. The third-order valence-electron chi connectivity index (χ3n) is 4.36. The molecule has 158 valence electrons. The molecule has 1 aromatic rings. The number of aryl methyl sites for hydroxylation is 2. The van der Waals surface area contributed by atoms with Crippen molar-refractivity contribution < 1.29 is 9.53 Å². The van der Waals surface area contributed by atoms with E-state index in [1.807, 2.05) is 27.7 Å². The maximum atomic E-state index is 12.1. The number of amides is 1. The van der Waals surface area contributed by atoms with Crippen LogP contribution >= 0.6 is 24.0 Å². The lowest BCUT2D eigenvalue weighted by Gasteiger charge is -2.36. The Labute approximate surface area is 186 Å². The molecular formula is C21H35IN4O2. The molecule has 0 aromatic heterocycles. The summed E-state index contributed by atoms with van der Waals surface area (Å²) < 4.78 is 6.03. The predicted molar refractivity (Wildman–Crippen MR) is 125 cm³/mol. The van der Waals surface area contributed by atoms with Gasteiger partial charge in [-0.15, -0.1) is 24.0 Å². The molecule has 7 heteroatoms. The van der Waals surface area contributed by atoms with Crippen LogP contribution < -0.4 is 10.6 Å². The number of rotatable bonds is 4. The van der Waals surface area contributed by atoms with Gasteiger partial charge in [0, 0.05) is 18.6 Å². The van der Waals surface area contributed by atoms with Gasteiger partial charge in [-0.05, 0) is 52.7 Å². The molecule has 2 rings (SSSR count). The third kappa shape index (κ3) is 7.58. The van der Waals surface area contributed by atoms with Gasteiger partial charge in [0.2, 0.25) is 5.91 Å². The van der Waals surface area contributed by atoms with Crippen molar-refractivity contribution in [2.24, 2.45) is 4.99 Å². The highest BCUT2D eigenvalue weighted by atomic mass is 127. The van der Waals surface area contributed by atoms with Crippen molar-refractivity contribution >= 4 is 35.8 Å². The van der Waals surface area contributed by atoms with Crippen LogP contribution in [-0.4, -0.2) is 55.1 Å². The van der Waals surface area contributed by atoms with E-state index in [-0.39, 0.29) is 48.1 Å². The van der Waals surface area contributed by atoms with Gasteiger partial charge < -0.3 is 20.3 Å². The van der Waals surface area contributed by atoms with Crippen LogP contribution in [0.1, 0.15) is 50.5 Å². The topological polar surface area (TPSA) is 66.0 Å². The molecule has 0 radical (unpaired) electrons. The van der Waals surface area contributed by atoms with E-state index in [9.17, 15) is 4.79 Å². The highest BCUT2D eigenvalue weighted by Crippen LogP contribution is 2.25. The second kappa shape index (κ2) is 11.0. The first-order chi connectivity index (χ1) is 12.7. The predicted octanol–water partition coefficient (Wildman–Crippen LogP) is 3.17. The van der Waals surface area contributed by atoms with Crippen molar-refractivity contribution in [2.45, 2.75) is 53.2 Å². The van der Waals surface area contributed by atoms with E-state index in [4.69, 9.17) is 4.74 Å². The SMILES string of the molecule is CCNC(=NCC(=O)NC(C)(C)C)N1CCOC(c2ccc(C)cc2C)C1.I. The van der Waals surface area contributed by atoms with Crippen LogP contribution in [-0.2, 0) is 9.53 Å². The maximum absolute atomic E-state index is 12.1. The number of benzene rings is 1. The Morgan fingerprint density at radius 3 is 2.64 bits per heavy atom. The van der Waals surface area contributed by atoms with Crippen molar-refractivity contribution in [3.63, 3.8) is 0 Å². The molecule has 0 saturated carbocycles. The second-order valence-corrected chi connectivity index (χ2v) is 8.13. The van der Waals surface area contributed by atoms with Crippen molar-refractivity contribution in [2.75, 3.05) is 32.8 Å². The lowest BCUT2D eigenvalue weighted by Crippen LogP contribution is -2.49. The van der Waals surface area contributed by atoms with Gasteiger partial charge in [0.25, 0.3) is 0 Å². The molecule has 28 heavy (non-hydrogen) atoms. The molecular weight excluding hydrogens is 467 g/mol. The van der Waals surface area contributed by atoms with Gasteiger partial charge in [-0.25, -0.2) is 4.99 Å². The smallest absolute Gasteiger partial charge is 0.242 e. The summed E-state index contributed by atoms with van der Waals surface area (Å²) in [4.78, 5) is 18.9. The first kappa shape index (κ1) is 24.7. The molecule has 1 atom stereocenters. The fourth-order valence-electron chi connectivity index (χ4n) is 3.25. The average Bonchev–Trinajstić information content (AvgIpc) is 2.57. The lowest BCUT2D eigenvalue weighted by atomic mass is 10.00. The number of morpholine rings is 1. The summed E-state index contributed by atoms with van der Waals surface area (Å²) in [6.45, 7) is 15.2. The molecule has 1 amide bonds. The molecule has 0 bridgehead atoms. The van der Waals surface area contributed by atoms with Crippen LogP contribution in [0.5, 0.6) is 0 Å². The number of aliphatic imine (C=N–C) groups is 1. The quantitative estimate of drug-likeness (QED) is 0.377. The standard InChI is InChI=1S/C21H34N4O2.HI/c1-7-22-20(23-13-19(26)24-21(4,5)6)25-10-11-27-18(14-25)17-9-8-15(2)12-16(17)3;/h8-9,12,18H,7,10-11,13-14H2,1-6H3,(H,22,23)(H,24,26);1H. The van der Waals surface area contributed by atoms with Crippen LogP contribution in [0.25, 0.3) is 0 Å². The zero-order chi connectivity index (χ0) is 20.0. The molecule has 6 nitrogen and oxygen atoms in total. The summed E-state index contributed by atoms with van der Waals surface area (Å²) in [7, 11) is 0. The summed E-state index contributed by atoms with van der Waals surface area (Å²) in [6.07, 6.45) is 0.00612. The van der Waals surface area contributed by atoms with Gasteiger partial charge in [0.1, 0.15) is 12.6 Å². The molecule has 0 aliphatic carbocycles. The van der Waals surface area contributed by atoms with E-state index >= 15 is 0 Å². The summed E-state index contributed by atoms with van der Waals surface area (Å²) in [5.74, 6) is 0.691. The van der Waals surface area contributed by atoms with Crippen LogP contribution in [0.4, 0.5) is 0 Å². The summed E-state index contributed by atoms with van der Waals surface area (Å²) in [6, 6.07) is 6.47. The lowest BCUT2D eigenvalue weighted by molar-refractivity contribution is -0.121. The van der Waals surface area contributed by atoms with Gasteiger partial charge in [-0.3, -0.25) is 4.79 Å². The van der Waals surface area contributed by atoms with E-state index in [2.05, 4.69) is 52.6 Å². The third-order valence-corrected chi connectivity index (χ3v) is 4.36.